The molecule has 1 aromatic rings. The summed E-state index contributed by atoms with van der Waals surface area (Å²) in [4.78, 5) is 28.9. The molecule has 158 valence electrons. The normalized spacial score (nSPS) is 26.5. The largest absolute Gasteiger partial charge is 0.417 e. The summed E-state index contributed by atoms with van der Waals surface area (Å²) in [6.07, 6.45) is 16.2. The molecule has 0 saturated heterocycles. The van der Waals surface area contributed by atoms with Crippen LogP contribution in [0.1, 0.15) is 45.6 Å². The van der Waals surface area contributed by atoms with Gasteiger partial charge >= 0.3 is 5.91 Å². The van der Waals surface area contributed by atoms with Crippen molar-refractivity contribution in [3.63, 3.8) is 0 Å². The van der Waals surface area contributed by atoms with E-state index in [1.54, 1.807) is 10.7 Å². The fraction of sp³-hybridized carbons (Fsp3) is 0.308. The number of benzene rings is 1. The summed E-state index contributed by atoms with van der Waals surface area (Å²) in [5, 5.41) is 2.86. The molecule has 31 heavy (non-hydrogen) atoms. The van der Waals surface area contributed by atoms with Crippen molar-refractivity contribution in [3.8, 4) is 0 Å². The number of carbonyl (C=O) groups excluding carboxylic acids is 2. The topological polar surface area (TPSA) is 61.5 Å². The van der Waals surface area contributed by atoms with Crippen LogP contribution in [0.5, 0.6) is 0 Å². The highest BCUT2D eigenvalue weighted by Crippen LogP contribution is 2.49. The number of hydrogen-bond acceptors (Lipinski definition) is 3. The van der Waals surface area contributed by atoms with Gasteiger partial charge in [0.1, 0.15) is 0 Å². The number of nitrogens with zero attached hydrogens (tertiary/aromatic N) is 2. The summed E-state index contributed by atoms with van der Waals surface area (Å²) in [6.45, 7) is 5.57. The number of nitrogens with one attached hydrogen (secondary N) is 1. The molecule has 3 aliphatic rings. The van der Waals surface area contributed by atoms with Crippen LogP contribution >= 0.6 is 0 Å². The average Bonchev–Trinajstić information content (AvgIpc) is 2.71. The number of hydrogen-bond donors (Lipinski definition) is 1. The lowest BCUT2D eigenvalue weighted by Gasteiger charge is -2.42. The van der Waals surface area contributed by atoms with E-state index in [9.17, 15) is 9.59 Å². The third-order valence-corrected chi connectivity index (χ3v) is 6.09. The maximum Gasteiger partial charge on any atom is 0.417 e. The lowest BCUT2D eigenvalue weighted by atomic mass is 9.66. The lowest BCUT2D eigenvalue weighted by Crippen LogP contribution is -2.42. The van der Waals surface area contributed by atoms with Gasteiger partial charge in [0.15, 0.2) is 11.9 Å². The Morgan fingerprint density at radius 1 is 1.29 bits per heavy atom. The number of fused-ring (bicyclic) bond motifs is 3. The van der Waals surface area contributed by atoms with Crippen LogP contribution in [0.4, 0.5) is 5.69 Å². The number of anilines is 1. The molecule has 2 amide bonds. The fourth-order valence-corrected chi connectivity index (χ4v) is 5.03. The van der Waals surface area contributed by atoms with Crippen LogP contribution in [-0.4, -0.2) is 34.4 Å². The first-order chi connectivity index (χ1) is 14.9. The number of aliphatic imine (C=N–C) groups is 1. The number of allylic oxidation sites excluding steroid dienone is 3. The molecule has 0 spiro atoms. The molecule has 0 saturated carbocycles. The second-order valence-electron chi connectivity index (χ2n) is 8.46. The van der Waals surface area contributed by atoms with E-state index in [0.717, 1.165) is 41.8 Å². The predicted molar refractivity (Wildman–Crippen MR) is 125 cm³/mol. The first-order valence-electron chi connectivity index (χ1n) is 10.7. The fourth-order valence-electron chi connectivity index (χ4n) is 5.03. The quantitative estimate of drug-likeness (QED) is 0.442. The first-order valence-corrected chi connectivity index (χ1v) is 10.7. The Labute approximate surface area is 183 Å². The molecular formula is C26H28N3O2+. The highest BCUT2D eigenvalue weighted by molar-refractivity contribution is 5.92. The van der Waals surface area contributed by atoms with Gasteiger partial charge in [-0.15, -0.1) is 4.58 Å². The van der Waals surface area contributed by atoms with Gasteiger partial charge < -0.3 is 5.32 Å². The monoisotopic (exact) mass is 414 g/mol. The zero-order valence-corrected chi connectivity index (χ0v) is 18.3. The lowest BCUT2D eigenvalue weighted by molar-refractivity contribution is -0.397. The van der Waals surface area contributed by atoms with E-state index >= 15 is 0 Å². The first kappa shape index (κ1) is 20.9. The third-order valence-electron chi connectivity index (χ3n) is 6.09. The molecule has 0 radical (unpaired) electrons. The van der Waals surface area contributed by atoms with Crippen LogP contribution in [-0.2, 0) is 9.59 Å². The Hall–Kier alpha value is -3.34. The van der Waals surface area contributed by atoms with Gasteiger partial charge in [-0.25, -0.2) is 4.79 Å². The number of para-hydroxylation sites is 1. The Kier molecular flexibility index (Phi) is 5.68. The second-order valence-corrected chi connectivity index (χ2v) is 8.46. The van der Waals surface area contributed by atoms with E-state index in [0.29, 0.717) is 5.92 Å². The van der Waals surface area contributed by atoms with E-state index in [1.165, 1.54) is 12.5 Å². The molecule has 4 rings (SSSR count). The van der Waals surface area contributed by atoms with Gasteiger partial charge in [0.25, 0.3) is 0 Å². The molecule has 1 heterocycles. The summed E-state index contributed by atoms with van der Waals surface area (Å²) in [7, 11) is 0. The third kappa shape index (κ3) is 4.13. The van der Waals surface area contributed by atoms with Crippen molar-refractivity contribution >= 4 is 36.0 Å². The van der Waals surface area contributed by atoms with Crippen LogP contribution in [0.15, 0.2) is 70.4 Å². The van der Waals surface area contributed by atoms with Gasteiger partial charge in [0, 0.05) is 37.7 Å². The molecule has 0 fully saturated rings. The molecule has 5 nitrogen and oxygen atoms in total. The van der Waals surface area contributed by atoms with Gasteiger partial charge in [-0.2, -0.15) is 0 Å². The Morgan fingerprint density at radius 3 is 2.87 bits per heavy atom. The van der Waals surface area contributed by atoms with Crippen LogP contribution in [0.25, 0.3) is 6.08 Å². The molecular weight excluding hydrogens is 386 g/mol. The van der Waals surface area contributed by atoms with Gasteiger partial charge in [-0.05, 0) is 49.5 Å². The highest BCUT2D eigenvalue weighted by Gasteiger charge is 2.48. The zero-order chi connectivity index (χ0) is 22.0. The van der Waals surface area contributed by atoms with Crippen molar-refractivity contribution in [2.24, 2.45) is 10.9 Å². The van der Waals surface area contributed by atoms with E-state index in [4.69, 9.17) is 4.99 Å². The molecule has 2 atom stereocenters. The van der Waals surface area contributed by atoms with E-state index in [2.05, 4.69) is 18.3 Å². The van der Waals surface area contributed by atoms with Crippen molar-refractivity contribution in [1.82, 2.24) is 0 Å². The molecule has 1 aromatic carbocycles. The van der Waals surface area contributed by atoms with Crippen molar-refractivity contribution in [3.05, 3.63) is 71.0 Å². The van der Waals surface area contributed by atoms with Crippen molar-refractivity contribution < 1.29 is 14.2 Å². The maximum absolute atomic E-state index is 12.4. The SMILES string of the molecule is CC=[N+]1C(=O)C=CC2=C1C[C@H]1C=C(C)C[C@]2(N=CC=Cc2ccccc2NC(C)=O)C1. The van der Waals surface area contributed by atoms with Crippen LogP contribution in [0, 0.1) is 5.92 Å². The molecule has 1 aliphatic heterocycles. The smallest absolute Gasteiger partial charge is 0.326 e. The predicted octanol–water partition coefficient (Wildman–Crippen LogP) is 4.68. The van der Waals surface area contributed by atoms with Crippen molar-refractivity contribution in [1.29, 1.82) is 0 Å². The second kappa shape index (κ2) is 8.42. The van der Waals surface area contributed by atoms with Crippen molar-refractivity contribution in [2.45, 2.75) is 45.6 Å². The highest BCUT2D eigenvalue weighted by atomic mass is 16.2. The average molecular weight is 415 g/mol. The van der Waals surface area contributed by atoms with Crippen molar-refractivity contribution in [2.75, 3.05) is 5.32 Å². The zero-order valence-electron chi connectivity index (χ0n) is 18.3. The summed E-state index contributed by atoms with van der Waals surface area (Å²) < 4.78 is 1.78. The molecule has 0 unspecified atom stereocenters. The molecule has 1 N–H and O–H groups in total. The van der Waals surface area contributed by atoms with Gasteiger partial charge in [-0.1, -0.05) is 35.9 Å². The van der Waals surface area contributed by atoms with Crippen LogP contribution < -0.4 is 5.32 Å². The Balaban J connectivity index is 1.67. The van der Waals surface area contributed by atoms with Crippen LogP contribution in [0.2, 0.25) is 0 Å². The van der Waals surface area contributed by atoms with E-state index in [-0.39, 0.29) is 17.4 Å². The summed E-state index contributed by atoms with van der Waals surface area (Å²) >= 11 is 0. The summed E-state index contributed by atoms with van der Waals surface area (Å²) in [5.41, 5.74) is 4.93. The summed E-state index contributed by atoms with van der Waals surface area (Å²) in [6, 6.07) is 7.69. The summed E-state index contributed by atoms with van der Waals surface area (Å²) in [5.74, 6) is 0.299. The number of carbonyl (C=O) groups is 2. The van der Waals surface area contributed by atoms with Gasteiger partial charge in [0.05, 0.1) is 11.6 Å². The van der Waals surface area contributed by atoms with Crippen LogP contribution in [0.3, 0.4) is 0 Å². The minimum absolute atomic E-state index is 0.00975. The minimum Gasteiger partial charge on any atom is -0.326 e. The van der Waals surface area contributed by atoms with Gasteiger partial charge in [-0.3, -0.25) is 9.79 Å². The molecule has 5 heteroatoms. The van der Waals surface area contributed by atoms with E-state index < -0.39 is 0 Å². The van der Waals surface area contributed by atoms with E-state index in [1.807, 2.05) is 61.8 Å². The minimum atomic E-state index is -0.350. The number of rotatable bonds is 4. The standard InChI is InChI=1S/C26H27N3O2/c1-4-29-24-15-20-14-18(2)16-26(17-20,22(24)11-12-25(29)31)27-13-7-9-21-8-5-6-10-23(21)28-19(3)30/h4-14,20H,15-17H2,1-3H3/p+1/t20-,26+/m1/s1. The maximum atomic E-state index is 12.4. The Morgan fingerprint density at radius 2 is 2.10 bits per heavy atom. The number of amides is 2. The molecule has 2 bridgehead atoms. The molecule has 2 aliphatic carbocycles. The Bertz CT molecular complexity index is 1120. The van der Waals surface area contributed by atoms with Gasteiger partial charge in [0.2, 0.25) is 5.91 Å². The molecule has 0 aromatic heterocycles.